The molecule has 2 aromatic carbocycles. The number of benzene rings is 2. The van der Waals surface area contributed by atoms with Crippen molar-refractivity contribution in [3.63, 3.8) is 0 Å². The Morgan fingerprint density at radius 3 is 2.23 bits per heavy atom. The van der Waals surface area contributed by atoms with E-state index in [9.17, 15) is 14.9 Å². The number of morpholine rings is 1. The summed E-state index contributed by atoms with van der Waals surface area (Å²) in [5.41, 5.74) is 0.870. The van der Waals surface area contributed by atoms with E-state index in [1.807, 2.05) is 24.3 Å². The Labute approximate surface area is 157 Å². The van der Waals surface area contributed by atoms with Gasteiger partial charge >= 0.3 is 157 Å². The number of non-ortho nitro benzene ring substituents is 1. The van der Waals surface area contributed by atoms with Crippen LogP contribution in [-0.2, 0) is 9.53 Å². The second-order valence-corrected chi connectivity index (χ2v) is 8.22. The van der Waals surface area contributed by atoms with Gasteiger partial charge in [0.25, 0.3) is 0 Å². The molecule has 1 heterocycles. The van der Waals surface area contributed by atoms with Crippen LogP contribution in [0.4, 0.5) is 11.4 Å². The molecule has 0 aromatic heterocycles. The molecule has 0 aliphatic carbocycles. The number of anilines is 1. The maximum absolute atomic E-state index is 12.1. The van der Waals surface area contributed by atoms with E-state index in [4.69, 9.17) is 4.74 Å². The first-order chi connectivity index (χ1) is 12.6. The first-order valence-corrected chi connectivity index (χ1v) is 9.94. The van der Waals surface area contributed by atoms with Crippen molar-refractivity contribution in [2.45, 2.75) is 0 Å². The number of rotatable bonds is 6. The summed E-state index contributed by atoms with van der Waals surface area (Å²) in [5.74, 6) is -0.0273. The molecular formula is C18H19N3O4Se. The minimum atomic E-state index is -0.398. The molecule has 0 atom stereocenters. The van der Waals surface area contributed by atoms with Crippen molar-refractivity contribution < 1.29 is 14.5 Å². The van der Waals surface area contributed by atoms with E-state index < -0.39 is 4.92 Å². The summed E-state index contributed by atoms with van der Waals surface area (Å²) >= 11 is 0.0610. The van der Waals surface area contributed by atoms with E-state index in [1.165, 1.54) is 12.1 Å². The predicted octanol–water partition coefficient (Wildman–Crippen LogP) is 0.521. The molecule has 0 bridgehead atoms. The number of carbonyl (C=O) groups is 1. The molecule has 1 aliphatic heterocycles. The summed E-state index contributed by atoms with van der Waals surface area (Å²) in [6.45, 7) is 3.28. The van der Waals surface area contributed by atoms with Crippen LogP contribution in [-0.4, -0.2) is 63.5 Å². The van der Waals surface area contributed by atoms with Gasteiger partial charge in [0.2, 0.25) is 0 Å². The standard InChI is InChI=1S/C18H19N3O4Se/c22-18(13-20-9-11-25-12-10-20)19-14-1-5-16(6-2-14)26-17-7-3-15(4-8-17)21(23)24/h1-8H,9-13H2,(H,19,22). The van der Waals surface area contributed by atoms with Crippen molar-refractivity contribution in [1.29, 1.82) is 0 Å². The number of nitro benzene ring substituents is 1. The van der Waals surface area contributed by atoms with Gasteiger partial charge < -0.3 is 0 Å². The van der Waals surface area contributed by atoms with Crippen molar-refractivity contribution in [2.75, 3.05) is 38.2 Å². The molecule has 8 heteroatoms. The molecule has 0 spiro atoms. The van der Waals surface area contributed by atoms with Crippen molar-refractivity contribution in [3.8, 4) is 0 Å². The first-order valence-electron chi connectivity index (χ1n) is 8.22. The molecule has 136 valence electrons. The summed E-state index contributed by atoms with van der Waals surface area (Å²) in [6, 6.07) is 14.4. The molecule has 0 radical (unpaired) electrons. The minimum absolute atomic E-state index is 0.0273. The zero-order chi connectivity index (χ0) is 18.4. The fourth-order valence-electron chi connectivity index (χ4n) is 2.54. The summed E-state index contributed by atoms with van der Waals surface area (Å²) < 4.78 is 7.47. The van der Waals surface area contributed by atoms with E-state index in [-0.39, 0.29) is 26.6 Å². The average Bonchev–Trinajstić information content (AvgIpc) is 2.64. The number of nitro groups is 1. The average molecular weight is 420 g/mol. The number of ether oxygens (including phenoxy) is 1. The molecule has 1 saturated heterocycles. The van der Waals surface area contributed by atoms with Gasteiger partial charge in [-0.25, -0.2) is 0 Å². The number of nitrogens with one attached hydrogen (secondary N) is 1. The fraction of sp³-hybridized carbons (Fsp3) is 0.278. The number of hydrogen-bond donors (Lipinski definition) is 1. The Balaban J connectivity index is 1.52. The van der Waals surface area contributed by atoms with Crippen molar-refractivity contribution in [3.05, 3.63) is 58.6 Å². The van der Waals surface area contributed by atoms with Gasteiger partial charge in [-0.1, -0.05) is 0 Å². The topological polar surface area (TPSA) is 84.7 Å². The molecule has 0 saturated carbocycles. The maximum atomic E-state index is 12.1. The van der Waals surface area contributed by atoms with Crippen LogP contribution < -0.4 is 14.2 Å². The molecule has 1 aliphatic rings. The van der Waals surface area contributed by atoms with E-state index in [0.29, 0.717) is 19.8 Å². The van der Waals surface area contributed by atoms with Crippen LogP contribution in [0.2, 0.25) is 0 Å². The van der Waals surface area contributed by atoms with Crippen LogP contribution in [0.15, 0.2) is 48.5 Å². The third kappa shape index (κ3) is 5.37. The SMILES string of the molecule is O=C(CN1CCOCC1)Nc1ccc([Se]c2ccc([N+](=O)[O-])cc2)cc1. The molecule has 2 aromatic rings. The molecule has 1 fully saturated rings. The quantitative estimate of drug-likeness (QED) is 0.419. The van der Waals surface area contributed by atoms with Crippen LogP contribution >= 0.6 is 0 Å². The van der Waals surface area contributed by atoms with Crippen LogP contribution in [0.3, 0.4) is 0 Å². The second-order valence-electron chi connectivity index (χ2n) is 5.81. The van der Waals surface area contributed by atoms with E-state index in [0.717, 1.165) is 27.7 Å². The molecular weight excluding hydrogens is 401 g/mol. The molecule has 7 nitrogen and oxygen atoms in total. The van der Waals surface area contributed by atoms with Gasteiger partial charge in [-0.05, 0) is 0 Å². The monoisotopic (exact) mass is 421 g/mol. The van der Waals surface area contributed by atoms with Crippen LogP contribution in [0, 0.1) is 10.1 Å². The Morgan fingerprint density at radius 1 is 1.08 bits per heavy atom. The van der Waals surface area contributed by atoms with Crippen molar-refractivity contribution in [1.82, 2.24) is 4.90 Å². The van der Waals surface area contributed by atoms with Gasteiger partial charge in [-0.2, -0.15) is 0 Å². The number of nitrogens with zero attached hydrogens (tertiary/aromatic N) is 2. The normalized spacial score (nSPS) is 14.8. The Hall–Kier alpha value is -2.25. The first kappa shape index (κ1) is 18.5. The zero-order valence-corrected chi connectivity index (χ0v) is 15.8. The summed E-state index contributed by atoms with van der Waals surface area (Å²) in [7, 11) is 0. The number of carbonyl (C=O) groups excluding carboxylic acids is 1. The summed E-state index contributed by atoms with van der Waals surface area (Å²) in [6.07, 6.45) is 0. The van der Waals surface area contributed by atoms with Crippen molar-refractivity contribution >= 4 is 41.2 Å². The Morgan fingerprint density at radius 2 is 1.65 bits per heavy atom. The van der Waals surface area contributed by atoms with Gasteiger partial charge in [0.15, 0.2) is 0 Å². The molecule has 1 N–H and O–H groups in total. The van der Waals surface area contributed by atoms with Crippen molar-refractivity contribution in [2.24, 2.45) is 0 Å². The van der Waals surface area contributed by atoms with E-state index >= 15 is 0 Å². The van der Waals surface area contributed by atoms with E-state index in [2.05, 4.69) is 10.2 Å². The van der Waals surface area contributed by atoms with Crippen LogP contribution in [0.1, 0.15) is 0 Å². The number of amides is 1. The second kappa shape index (κ2) is 8.91. The Bertz CT molecular complexity index is 759. The molecule has 1 amide bonds. The molecule has 0 unspecified atom stereocenters. The van der Waals surface area contributed by atoms with Gasteiger partial charge in [0, 0.05) is 0 Å². The van der Waals surface area contributed by atoms with Gasteiger partial charge in [-0.15, -0.1) is 0 Å². The third-order valence-electron chi connectivity index (χ3n) is 3.89. The van der Waals surface area contributed by atoms with Gasteiger partial charge in [-0.3, -0.25) is 0 Å². The molecule has 3 rings (SSSR count). The van der Waals surface area contributed by atoms with E-state index in [1.54, 1.807) is 12.1 Å². The third-order valence-corrected chi connectivity index (χ3v) is 6.02. The summed E-state index contributed by atoms with van der Waals surface area (Å²) in [5, 5.41) is 13.6. The van der Waals surface area contributed by atoms with Gasteiger partial charge in [0.1, 0.15) is 0 Å². The predicted molar refractivity (Wildman–Crippen MR) is 100 cm³/mol. The zero-order valence-electron chi connectivity index (χ0n) is 14.1. The van der Waals surface area contributed by atoms with Crippen LogP contribution in [0.5, 0.6) is 0 Å². The summed E-state index contributed by atoms with van der Waals surface area (Å²) in [4.78, 5) is 24.5. The fourth-order valence-corrected chi connectivity index (χ4v) is 4.25. The van der Waals surface area contributed by atoms with Gasteiger partial charge in [0.05, 0.1) is 0 Å². The van der Waals surface area contributed by atoms with Crippen LogP contribution in [0.25, 0.3) is 0 Å². The Kier molecular flexibility index (Phi) is 6.35. The number of hydrogen-bond acceptors (Lipinski definition) is 5. The molecule has 26 heavy (non-hydrogen) atoms.